The van der Waals surface area contributed by atoms with Gasteiger partial charge in [-0.3, -0.25) is 9.48 Å². The van der Waals surface area contributed by atoms with Crippen LogP contribution in [0.1, 0.15) is 46.3 Å². The van der Waals surface area contributed by atoms with Crippen molar-refractivity contribution in [1.82, 2.24) is 19.6 Å². The normalized spacial score (nSPS) is 13.6. The number of carbonyl (C=O) groups is 1. The molecule has 9 heteroatoms. The van der Waals surface area contributed by atoms with Crippen LogP contribution in [0.25, 0.3) is 5.69 Å². The molecule has 1 aliphatic rings. The van der Waals surface area contributed by atoms with Gasteiger partial charge < -0.3 is 5.32 Å². The SMILES string of the molecule is CCc1c(NC(=O)c2nn(-c3cccc(C(F)(F)F)c3)c3c2CCC3)cnn1C. The highest BCUT2D eigenvalue weighted by Crippen LogP contribution is 2.33. The Hall–Kier alpha value is -3.10. The van der Waals surface area contributed by atoms with Crippen molar-refractivity contribution in [2.45, 2.75) is 38.8 Å². The van der Waals surface area contributed by atoms with Gasteiger partial charge in [0.05, 0.1) is 28.8 Å². The molecule has 0 atom stereocenters. The number of nitrogens with one attached hydrogen (secondary N) is 1. The molecule has 0 spiro atoms. The minimum atomic E-state index is -4.44. The van der Waals surface area contributed by atoms with Gasteiger partial charge >= 0.3 is 6.18 Å². The number of amides is 1. The third-order valence-corrected chi connectivity index (χ3v) is 5.21. The number of hydrogen-bond donors (Lipinski definition) is 1. The molecule has 0 unspecified atom stereocenters. The lowest BCUT2D eigenvalue weighted by atomic mass is 10.1. The van der Waals surface area contributed by atoms with Gasteiger partial charge in [-0.2, -0.15) is 23.4 Å². The van der Waals surface area contributed by atoms with E-state index in [1.807, 2.05) is 6.92 Å². The van der Waals surface area contributed by atoms with Crippen LogP contribution in [-0.4, -0.2) is 25.5 Å². The first-order chi connectivity index (χ1) is 13.8. The fourth-order valence-corrected chi connectivity index (χ4v) is 3.82. The molecule has 0 saturated carbocycles. The summed E-state index contributed by atoms with van der Waals surface area (Å²) < 4.78 is 42.5. The van der Waals surface area contributed by atoms with Gasteiger partial charge in [-0.15, -0.1) is 0 Å². The van der Waals surface area contributed by atoms with Crippen molar-refractivity contribution in [3.8, 4) is 5.69 Å². The van der Waals surface area contributed by atoms with Gasteiger partial charge in [0.25, 0.3) is 5.91 Å². The van der Waals surface area contributed by atoms with Crippen LogP contribution in [0.5, 0.6) is 0 Å². The Morgan fingerprint density at radius 1 is 1.28 bits per heavy atom. The molecule has 0 fully saturated rings. The van der Waals surface area contributed by atoms with Crippen LogP contribution < -0.4 is 5.32 Å². The zero-order chi connectivity index (χ0) is 20.8. The fraction of sp³-hybridized carbons (Fsp3) is 0.350. The summed E-state index contributed by atoms with van der Waals surface area (Å²) in [6, 6.07) is 5.00. The molecule has 3 aromatic rings. The van der Waals surface area contributed by atoms with Gasteiger partial charge in [-0.05, 0) is 43.9 Å². The molecule has 152 valence electrons. The molecular formula is C20H20F3N5O. The van der Waals surface area contributed by atoms with Crippen molar-refractivity contribution < 1.29 is 18.0 Å². The number of aryl methyl sites for hydroxylation is 1. The number of anilines is 1. The van der Waals surface area contributed by atoms with Gasteiger partial charge in [0.1, 0.15) is 0 Å². The Bertz CT molecular complexity index is 1080. The molecule has 0 saturated heterocycles. The number of nitrogens with zero attached hydrogens (tertiary/aromatic N) is 4. The van der Waals surface area contributed by atoms with E-state index in [-0.39, 0.29) is 11.6 Å². The highest BCUT2D eigenvalue weighted by Gasteiger charge is 2.32. The molecule has 0 radical (unpaired) electrons. The molecule has 6 nitrogen and oxygen atoms in total. The summed E-state index contributed by atoms with van der Waals surface area (Å²) >= 11 is 0. The fourth-order valence-electron chi connectivity index (χ4n) is 3.82. The molecule has 2 aromatic heterocycles. The molecule has 1 aliphatic carbocycles. The summed E-state index contributed by atoms with van der Waals surface area (Å²) in [6.45, 7) is 1.97. The van der Waals surface area contributed by atoms with E-state index in [1.165, 1.54) is 10.7 Å². The summed E-state index contributed by atoms with van der Waals surface area (Å²) in [5.74, 6) is -0.378. The quantitative estimate of drug-likeness (QED) is 0.718. The van der Waals surface area contributed by atoms with E-state index in [0.29, 0.717) is 30.6 Å². The number of fused-ring (bicyclic) bond motifs is 1. The Labute approximate surface area is 165 Å². The number of aromatic nitrogens is 4. The first-order valence-corrected chi connectivity index (χ1v) is 9.40. The standard InChI is InChI=1S/C20H20F3N5O/c1-3-16-15(11-24-27(16)2)25-19(29)18-14-8-5-9-17(14)28(26-18)13-7-4-6-12(10-13)20(21,22)23/h4,6-7,10-11H,3,5,8-9H2,1-2H3,(H,25,29). The zero-order valence-corrected chi connectivity index (χ0v) is 16.0. The maximum absolute atomic E-state index is 13.1. The topological polar surface area (TPSA) is 64.7 Å². The van der Waals surface area contributed by atoms with E-state index in [0.717, 1.165) is 35.5 Å². The minimum absolute atomic E-state index is 0.251. The molecule has 0 bridgehead atoms. The zero-order valence-electron chi connectivity index (χ0n) is 16.0. The Morgan fingerprint density at radius 2 is 2.07 bits per heavy atom. The lowest BCUT2D eigenvalue weighted by Crippen LogP contribution is -2.16. The van der Waals surface area contributed by atoms with E-state index in [4.69, 9.17) is 0 Å². The highest BCUT2D eigenvalue weighted by atomic mass is 19.4. The number of carbonyl (C=O) groups excluding carboxylic acids is 1. The van der Waals surface area contributed by atoms with Crippen LogP contribution in [0, 0.1) is 0 Å². The maximum atomic E-state index is 13.1. The molecule has 1 N–H and O–H groups in total. The summed E-state index contributed by atoms with van der Waals surface area (Å²) in [6.07, 6.45) is 0.0102. The molecule has 1 amide bonds. The summed E-state index contributed by atoms with van der Waals surface area (Å²) in [4.78, 5) is 12.9. The van der Waals surface area contributed by atoms with Crippen LogP contribution in [0.4, 0.5) is 18.9 Å². The smallest absolute Gasteiger partial charge is 0.318 e. The molecule has 2 heterocycles. The number of halogens is 3. The van der Waals surface area contributed by atoms with E-state index in [9.17, 15) is 18.0 Å². The van der Waals surface area contributed by atoms with Crippen LogP contribution in [0.15, 0.2) is 30.5 Å². The summed E-state index contributed by atoms with van der Waals surface area (Å²) in [7, 11) is 1.80. The van der Waals surface area contributed by atoms with E-state index < -0.39 is 11.7 Å². The average molecular weight is 403 g/mol. The Morgan fingerprint density at radius 3 is 2.79 bits per heavy atom. The maximum Gasteiger partial charge on any atom is 0.416 e. The molecule has 0 aliphatic heterocycles. The van der Waals surface area contributed by atoms with Crippen molar-refractivity contribution in [1.29, 1.82) is 0 Å². The molecule has 4 rings (SSSR count). The second-order valence-electron chi connectivity index (χ2n) is 7.02. The predicted molar refractivity (Wildman–Crippen MR) is 101 cm³/mol. The second-order valence-corrected chi connectivity index (χ2v) is 7.02. The summed E-state index contributed by atoms with van der Waals surface area (Å²) in [5, 5.41) is 11.4. The van der Waals surface area contributed by atoms with Crippen LogP contribution in [-0.2, 0) is 32.5 Å². The summed E-state index contributed by atoms with van der Waals surface area (Å²) in [5.41, 5.74) is 2.88. The van der Waals surface area contributed by atoms with Crippen molar-refractivity contribution in [2.75, 3.05) is 5.32 Å². The molecule has 1 aromatic carbocycles. The van der Waals surface area contributed by atoms with Crippen LogP contribution >= 0.6 is 0 Å². The third-order valence-electron chi connectivity index (χ3n) is 5.21. The van der Waals surface area contributed by atoms with Crippen molar-refractivity contribution in [2.24, 2.45) is 7.05 Å². The highest BCUT2D eigenvalue weighted by molar-refractivity contribution is 6.04. The third kappa shape index (κ3) is 3.41. The van der Waals surface area contributed by atoms with Crippen LogP contribution in [0.3, 0.4) is 0 Å². The first kappa shape index (κ1) is 19.2. The Balaban J connectivity index is 1.71. The van der Waals surface area contributed by atoms with Crippen molar-refractivity contribution in [3.63, 3.8) is 0 Å². The van der Waals surface area contributed by atoms with Gasteiger partial charge in [-0.1, -0.05) is 13.0 Å². The van der Waals surface area contributed by atoms with Gasteiger partial charge in [0.2, 0.25) is 0 Å². The van der Waals surface area contributed by atoms with Crippen LogP contribution in [0.2, 0.25) is 0 Å². The van der Waals surface area contributed by atoms with E-state index in [1.54, 1.807) is 24.0 Å². The lowest BCUT2D eigenvalue weighted by molar-refractivity contribution is -0.137. The van der Waals surface area contributed by atoms with Gasteiger partial charge in [0.15, 0.2) is 5.69 Å². The second kappa shape index (κ2) is 7.06. The number of hydrogen-bond acceptors (Lipinski definition) is 3. The Kier molecular flexibility index (Phi) is 4.68. The largest absolute Gasteiger partial charge is 0.416 e. The predicted octanol–water partition coefficient (Wildman–Crippen LogP) is 3.93. The number of benzene rings is 1. The number of rotatable bonds is 4. The molecular weight excluding hydrogens is 383 g/mol. The average Bonchev–Trinajstić information content (AvgIpc) is 3.36. The molecule has 29 heavy (non-hydrogen) atoms. The lowest BCUT2D eigenvalue weighted by Gasteiger charge is -2.10. The first-order valence-electron chi connectivity index (χ1n) is 9.40. The number of alkyl halides is 3. The minimum Gasteiger partial charge on any atom is -0.318 e. The monoisotopic (exact) mass is 403 g/mol. The van der Waals surface area contributed by atoms with E-state index >= 15 is 0 Å². The van der Waals surface area contributed by atoms with Gasteiger partial charge in [-0.25, -0.2) is 4.68 Å². The van der Waals surface area contributed by atoms with Gasteiger partial charge in [0, 0.05) is 18.3 Å². The van der Waals surface area contributed by atoms with E-state index in [2.05, 4.69) is 15.5 Å². The van der Waals surface area contributed by atoms with Crippen molar-refractivity contribution in [3.05, 3.63) is 58.7 Å². The van der Waals surface area contributed by atoms with Crippen molar-refractivity contribution >= 4 is 11.6 Å².